The maximum atomic E-state index is 12.8. The van der Waals surface area contributed by atoms with Crippen LogP contribution in [0.3, 0.4) is 0 Å². The maximum absolute atomic E-state index is 12.8. The second-order valence-corrected chi connectivity index (χ2v) is 20.4. The minimum atomic E-state index is -4.28. The summed E-state index contributed by atoms with van der Waals surface area (Å²) < 4.78 is 35.2. The molecule has 370 valence electrons. The number of hydrogen-bond acceptors (Lipinski definition) is 6. The molecule has 0 aromatic carbocycles. The van der Waals surface area contributed by atoms with Crippen LogP contribution in [0.15, 0.2) is 48.6 Å². The molecule has 0 saturated heterocycles. The van der Waals surface area contributed by atoms with E-state index in [1.807, 2.05) is 21.1 Å². The van der Waals surface area contributed by atoms with E-state index in [1.54, 1.807) is 0 Å². The molecule has 0 aliphatic carbocycles. The van der Waals surface area contributed by atoms with Gasteiger partial charge in [0.1, 0.15) is 19.3 Å². The molecule has 0 fully saturated rings. The van der Waals surface area contributed by atoms with E-state index in [-0.39, 0.29) is 25.8 Å². The molecule has 0 rings (SSSR count). The molecule has 63 heavy (non-hydrogen) atoms. The number of likely N-dealkylation sites (N-methyl/N-ethyl adjacent to an activating group) is 1. The van der Waals surface area contributed by atoms with E-state index in [2.05, 4.69) is 62.5 Å². The lowest BCUT2D eigenvalue weighted by atomic mass is 10.0. The summed E-state index contributed by atoms with van der Waals surface area (Å²) in [4.78, 5) is 23.0. The highest BCUT2D eigenvalue weighted by Crippen LogP contribution is 2.43. The number of unbranched alkanes of at least 4 members (excludes halogenated alkanes) is 27. The van der Waals surface area contributed by atoms with Crippen LogP contribution in [-0.2, 0) is 27.9 Å². The van der Waals surface area contributed by atoms with E-state index in [4.69, 9.17) is 18.5 Å². The van der Waals surface area contributed by atoms with Crippen LogP contribution in [0.4, 0.5) is 0 Å². The first-order valence-corrected chi connectivity index (χ1v) is 27.9. The minimum absolute atomic E-state index is 0.0860. The van der Waals surface area contributed by atoms with Crippen molar-refractivity contribution in [3.8, 4) is 0 Å². The summed E-state index contributed by atoms with van der Waals surface area (Å²) in [6.45, 7) is 5.60. The van der Waals surface area contributed by atoms with Gasteiger partial charge >= 0.3 is 13.8 Å². The SMILES string of the molecule is CCCCC/C=C\C/C=C\CCCCCCCCCC(=O)OC(COCCCCCCCCCCCCCC/C=C\C/C=C\CCCCCCC)COP(=O)(O)OCC[N+](C)(C)C. The van der Waals surface area contributed by atoms with E-state index < -0.39 is 13.9 Å². The highest BCUT2D eigenvalue weighted by atomic mass is 31.2. The quantitative estimate of drug-likeness (QED) is 0.0214. The second-order valence-electron chi connectivity index (χ2n) is 18.9. The lowest BCUT2D eigenvalue weighted by Gasteiger charge is -2.24. The van der Waals surface area contributed by atoms with Crippen molar-refractivity contribution in [3.63, 3.8) is 0 Å². The number of nitrogens with zero attached hydrogens (tertiary/aromatic N) is 1. The highest BCUT2D eigenvalue weighted by molar-refractivity contribution is 7.47. The number of carbonyl (C=O) groups excluding carboxylic acids is 1. The van der Waals surface area contributed by atoms with Gasteiger partial charge < -0.3 is 18.9 Å². The molecule has 0 aromatic rings. The number of phosphoric ester groups is 1. The van der Waals surface area contributed by atoms with E-state index in [9.17, 15) is 14.3 Å². The summed E-state index contributed by atoms with van der Waals surface area (Å²) in [5, 5.41) is 0. The van der Waals surface area contributed by atoms with Gasteiger partial charge in [-0.2, -0.15) is 0 Å². The van der Waals surface area contributed by atoms with Crippen molar-refractivity contribution in [2.24, 2.45) is 0 Å². The van der Waals surface area contributed by atoms with Crippen LogP contribution in [0.5, 0.6) is 0 Å². The molecule has 0 saturated carbocycles. The Balaban J connectivity index is 4.11. The summed E-state index contributed by atoms with van der Waals surface area (Å²) in [5.41, 5.74) is 0. The van der Waals surface area contributed by atoms with Crippen LogP contribution < -0.4 is 0 Å². The van der Waals surface area contributed by atoms with Gasteiger partial charge in [-0.25, -0.2) is 4.57 Å². The molecule has 9 heteroatoms. The van der Waals surface area contributed by atoms with E-state index >= 15 is 0 Å². The maximum Gasteiger partial charge on any atom is 0.472 e. The average Bonchev–Trinajstić information content (AvgIpc) is 3.24. The lowest BCUT2D eigenvalue weighted by Crippen LogP contribution is -2.37. The van der Waals surface area contributed by atoms with Gasteiger partial charge in [0.2, 0.25) is 0 Å². The monoisotopic (exact) mass is 909 g/mol. The number of carbonyl (C=O) groups is 1. The first kappa shape index (κ1) is 61.5. The Bertz CT molecular complexity index is 1150. The van der Waals surface area contributed by atoms with Crippen LogP contribution in [-0.4, -0.2) is 75.6 Å². The third-order valence-electron chi connectivity index (χ3n) is 11.4. The third-order valence-corrected chi connectivity index (χ3v) is 12.3. The normalized spacial score (nSPS) is 13.9. The molecule has 0 spiro atoms. The Labute approximate surface area is 390 Å². The summed E-state index contributed by atoms with van der Waals surface area (Å²) in [6, 6.07) is 0. The number of hydrogen-bond donors (Lipinski definition) is 1. The number of esters is 1. The average molecular weight is 909 g/mol. The summed E-state index contributed by atoms with van der Waals surface area (Å²) >= 11 is 0. The molecule has 0 amide bonds. The van der Waals surface area contributed by atoms with Crippen molar-refractivity contribution in [3.05, 3.63) is 48.6 Å². The molecular weight excluding hydrogens is 806 g/mol. The van der Waals surface area contributed by atoms with Gasteiger partial charge in [-0.05, 0) is 77.0 Å². The second kappa shape index (κ2) is 47.0. The Kier molecular flexibility index (Phi) is 45.8. The largest absolute Gasteiger partial charge is 0.472 e. The standard InChI is InChI=1S/C54H102NO7P/c1-6-8-10-12-14-16-18-20-22-24-25-26-27-28-29-30-32-34-36-38-40-42-44-46-49-59-51-53(52-61-63(57,58)60-50-48-55(3,4)5)62-54(56)47-45-43-41-39-37-35-33-31-23-21-19-17-15-13-11-9-7-2/h15,17-18,20-21,23-25,53H,6-14,16,19,22,26-52H2,1-5H3/p+1/b17-15-,20-18-,23-21-,25-24-. The molecule has 0 aromatic heterocycles. The topological polar surface area (TPSA) is 91.3 Å². The smallest absolute Gasteiger partial charge is 0.457 e. The van der Waals surface area contributed by atoms with Gasteiger partial charge in [0.15, 0.2) is 0 Å². The molecule has 0 bridgehead atoms. The fourth-order valence-electron chi connectivity index (χ4n) is 7.26. The van der Waals surface area contributed by atoms with E-state index in [0.29, 0.717) is 24.1 Å². The van der Waals surface area contributed by atoms with Gasteiger partial charge in [-0.15, -0.1) is 0 Å². The Morgan fingerprint density at radius 2 is 0.873 bits per heavy atom. The Morgan fingerprint density at radius 3 is 1.32 bits per heavy atom. The third kappa shape index (κ3) is 51.3. The Morgan fingerprint density at radius 1 is 0.492 bits per heavy atom. The molecule has 8 nitrogen and oxygen atoms in total. The van der Waals surface area contributed by atoms with Gasteiger partial charge in [0.25, 0.3) is 0 Å². The lowest BCUT2D eigenvalue weighted by molar-refractivity contribution is -0.870. The van der Waals surface area contributed by atoms with Crippen molar-refractivity contribution < 1.29 is 37.3 Å². The van der Waals surface area contributed by atoms with Gasteiger partial charge in [-0.1, -0.05) is 197 Å². The fraction of sp³-hybridized carbons (Fsp3) is 0.833. The van der Waals surface area contributed by atoms with Crippen LogP contribution in [0.2, 0.25) is 0 Å². The number of ether oxygens (including phenoxy) is 2. The van der Waals surface area contributed by atoms with Crippen LogP contribution in [0, 0.1) is 0 Å². The van der Waals surface area contributed by atoms with Crippen molar-refractivity contribution in [1.82, 2.24) is 0 Å². The van der Waals surface area contributed by atoms with Crippen molar-refractivity contribution in [2.45, 2.75) is 238 Å². The zero-order chi connectivity index (χ0) is 46.2. The first-order valence-electron chi connectivity index (χ1n) is 26.4. The summed E-state index contributed by atoms with van der Waals surface area (Å²) in [5.74, 6) is -0.321. The number of phosphoric acid groups is 1. The summed E-state index contributed by atoms with van der Waals surface area (Å²) in [7, 11) is 1.66. The van der Waals surface area contributed by atoms with Gasteiger partial charge in [-0.3, -0.25) is 13.8 Å². The highest BCUT2D eigenvalue weighted by Gasteiger charge is 2.26. The predicted molar refractivity (Wildman–Crippen MR) is 270 cm³/mol. The molecule has 2 atom stereocenters. The molecular formula is C54H103NO7P+. The molecule has 0 aliphatic heterocycles. The zero-order valence-corrected chi connectivity index (χ0v) is 43.0. The predicted octanol–water partition coefficient (Wildman–Crippen LogP) is 16.3. The first-order chi connectivity index (χ1) is 30.6. The molecule has 0 radical (unpaired) electrons. The summed E-state index contributed by atoms with van der Waals surface area (Å²) in [6.07, 6.45) is 58.7. The van der Waals surface area contributed by atoms with Crippen molar-refractivity contribution in [2.75, 3.05) is 54.1 Å². The van der Waals surface area contributed by atoms with Crippen LogP contribution in [0.1, 0.15) is 232 Å². The molecule has 0 heterocycles. The Hall–Kier alpha value is -1.54. The number of allylic oxidation sites excluding steroid dienone is 8. The van der Waals surface area contributed by atoms with E-state index in [1.165, 1.54) is 161 Å². The van der Waals surface area contributed by atoms with Crippen molar-refractivity contribution in [1.29, 1.82) is 0 Å². The van der Waals surface area contributed by atoms with Gasteiger partial charge in [0, 0.05) is 13.0 Å². The van der Waals surface area contributed by atoms with Gasteiger partial charge in [0.05, 0.1) is 34.4 Å². The fourth-order valence-corrected chi connectivity index (χ4v) is 8.00. The number of quaternary nitrogens is 1. The van der Waals surface area contributed by atoms with Crippen LogP contribution in [0.25, 0.3) is 0 Å². The zero-order valence-electron chi connectivity index (χ0n) is 42.1. The molecule has 0 aliphatic rings. The number of rotatable bonds is 49. The van der Waals surface area contributed by atoms with Crippen LogP contribution >= 0.6 is 7.82 Å². The van der Waals surface area contributed by atoms with E-state index in [0.717, 1.165) is 51.4 Å². The van der Waals surface area contributed by atoms with Crippen molar-refractivity contribution >= 4 is 13.8 Å². The molecule has 1 N–H and O–H groups in total. The minimum Gasteiger partial charge on any atom is -0.457 e. The molecule has 2 unspecified atom stereocenters.